The molecule has 0 spiro atoms. The Morgan fingerprint density at radius 2 is 1.27 bits per heavy atom. The van der Waals surface area contributed by atoms with E-state index in [1.807, 2.05) is 0 Å². The number of rotatable bonds is 15. The van der Waals surface area contributed by atoms with Crippen molar-refractivity contribution in [1.29, 1.82) is 0 Å². The molecule has 0 aromatic rings. The molecule has 7 heteroatoms. The summed E-state index contributed by atoms with van der Waals surface area (Å²) >= 11 is 0. The van der Waals surface area contributed by atoms with E-state index in [2.05, 4.69) is 74.0 Å². The van der Waals surface area contributed by atoms with Crippen LogP contribution in [-0.4, -0.2) is 45.9 Å². The van der Waals surface area contributed by atoms with Crippen molar-refractivity contribution in [3.63, 3.8) is 0 Å². The molecule has 0 radical (unpaired) electrons. The van der Waals surface area contributed by atoms with Crippen LogP contribution in [0.1, 0.15) is 80.6 Å². The van der Waals surface area contributed by atoms with Gasteiger partial charge in [0.1, 0.15) is 14.2 Å². The van der Waals surface area contributed by atoms with E-state index in [1.54, 1.807) is 13.8 Å². The fourth-order valence-electron chi connectivity index (χ4n) is 5.34. The summed E-state index contributed by atoms with van der Waals surface area (Å²) in [6, 6.07) is 0. The third kappa shape index (κ3) is 6.92. The summed E-state index contributed by atoms with van der Waals surface area (Å²) < 4.78 is 19.0. The first-order valence-corrected chi connectivity index (χ1v) is 18.6. The Balaban J connectivity index is 6.33. The van der Waals surface area contributed by atoms with Crippen LogP contribution in [0.4, 0.5) is 0 Å². The van der Waals surface area contributed by atoms with Gasteiger partial charge in [0.25, 0.3) is 0 Å². The Hall–Kier alpha value is -1.19. The van der Waals surface area contributed by atoms with Gasteiger partial charge in [0, 0.05) is 21.4 Å². The van der Waals surface area contributed by atoms with Crippen molar-refractivity contribution in [1.82, 2.24) is 0 Å². The van der Waals surface area contributed by atoms with E-state index < -0.39 is 16.4 Å². The van der Waals surface area contributed by atoms with E-state index in [0.717, 1.165) is 32.1 Å². The number of carbonyl (C=O) groups is 2. The predicted octanol–water partition coefficient (Wildman–Crippen LogP) is 7.13. The molecule has 0 saturated heterocycles. The van der Waals surface area contributed by atoms with Crippen molar-refractivity contribution in [3.05, 3.63) is 24.3 Å². The van der Waals surface area contributed by atoms with Gasteiger partial charge in [-0.15, -0.1) is 0 Å². The Labute approximate surface area is 205 Å². The summed E-state index contributed by atoms with van der Waals surface area (Å²) in [4.78, 5) is 24.6. The fraction of sp³-hybridized carbons (Fsp3) is 0.769. The molecule has 0 aliphatic heterocycles. The molecule has 1 unspecified atom stereocenters. The molecule has 0 bridgehead atoms. The normalized spacial score (nSPS) is 13.9. The molecule has 0 rings (SSSR count). The van der Waals surface area contributed by atoms with Crippen LogP contribution in [0.2, 0.25) is 31.2 Å². The first-order chi connectivity index (χ1) is 15.1. The molecule has 0 N–H and O–H groups in total. The van der Waals surface area contributed by atoms with E-state index in [-0.39, 0.29) is 28.3 Å². The molecule has 0 amide bonds. The lowest BCUT2D eigenvalue weighted by atomic mass is 9.93. The molecule has 0 heterocycles. The van der Waals surface area contributed by atoms with E-state index in [0.29, 0.717) is 17.4 Å². The lowest BCUT2D eigenvalue weighted by molar-refractivity contribution is -0.147. The highest BCUT2D eigenvalue weighted by Crippen LogP contribution is 2.53. The average Bonchev–Trinajstić information content (AvgIpc) is 2.75. The monoisotopic (exact) mass is 498 g/mol. The third-order valence-electron chi connectivity index (χ3n) is 7.78. The van der Waals surface area contributed by atoms with Gasteiger partial charge >= 0.3 is 11.9 Å². The van der Waals surface area contributed by atoms with Gasteiger partial charge in [0.15, 0.2) is 8.32 Å². The quantitative estimate of drug-likeness (QED) is 0.136. The third-order valence-corrected chi connectivity index (χ3v) is 16.5. The Bertz CT molecular complexity index is 703. The lowest BCUT2D eigenvalue weighted by Crippen LogP contribution is -2.65. The zero-order chi connectivity index (χ0) is 26.3. The first kappa shape index (κ1) is 31.8. The molecular weight excluding hydrogens is 448 g/mol. The highest BCUT2D eigenvalue weighted by molar-refractivity contribution is 6.82. The van der Waals surface area contributed by atoms with Crippen LogP contribution in [0.3, 0.4) is 0 Å². The zero-order valence-electron chi connectivity index (χ0n) is 23.3. The van der Waals surface area contributed by atoms with Crippen molar-refractivity contribution < 1.29 is 23.5 Å². The highest BCUT2D eigenvalue weighted by Gasteiger charge is 2.58. The van der Waals surface area contributed by atoms with Gasteiger partial charge in [-0.2, -0.15) is 0 Å². The van der Waals surface area contributed by atoms with E-state index in [1.165, 1.54) is 0 Å². The smallest absolute Gasteiger partial charge is 0.333 e. The fourth-order valence-corrected chi connectivity index (χ4v) is 14.1. The second kappa shape index (κ2) is 12.5. The van der Waals surface area contributed by atoms with Crippen LogP contribution in [0.25, 0.3) is 0 Å². The molecule has 0 aliphatic rings. The Morgan fingerprint density at radius 3 is 1.61 bits per heavy atom. The van der Waals surface area contributed by atoms with E-state index in [9.17, 15) is 9.59 Å². The lowest BCUT2D eigenvalue weighted by Gasteiger charge is -2.55. The summed E-state index contributed by atoms with van der Waals surface area (Å²) in [6.45, 7) is 30.6. The molecule has 0 aromatic carbocycles. The Kier molecular flexibility index (Phi) is 12.0. The molecule has 1 atom stereocenters. The summed E-state index contributed by atoms with van der Waals surface area (Å²) in [5.74, 6) is -0.681. The second-order valence-electron chi connectivity index (χ2n) is 10.5. The first-order valence-electron chi connectivity index (χ1n) is 12.5. The van der Waals surface area contributed by atoms with Gasteiger partial charge < -0.3 is 13.9 Å². The number of hydrogen-bond acceptors (Lipinski definition) is 5. The van der Waals surface area contributed by atoms with Crippen LogP contribution in [0.15, 0.2) is 24.3 Å². The maximum Gasteiger partial charge on any atom is 0.333 e. The number of esters is 2. The minimum absolute atomic E-state index is 0.240. The van der Waals surface area contributed by atoms with Gasteiger partial charge in [0.2, 0.25) is 0 Å². The second-order valence-corrected chi connectivity index (χ2v) is 19.7. The van der Waals surface area contributed by atoms with E-state index in [4.69, 9.17) is 13.9 Å². The molecule has 5 nitrogen and oxygen atoms in total. The molecular formula is C26H50O5Si2. The summed E-state index contributed by atoms with van der Waals surface area (Å²) in [7, 11) is -4.66. The maximum absolute atomic E-state index is 12.5. The largest absolute Gasteiger partial charge is 0.466 e. The van der Waals surface area contributed by atoms with Gasteiger partial charge in [-0.25, -0.2) is 9.59 Å². The molecule has 0 aliphatic carbocycles. The summed E-state index contributed by atoms with van der Waals surface area (Å²) in [6.07, 6.45) is 4.28. The number of hydrogen-bond donors (Lipinski definition) is 0. The number of carbonyl (C=O) groups excluding carboxylic acids is 2. The van der Waals surface area contributed by atoms with Crippen LogP contribution < -0.4 is 0 Å². The minimum atomic E-state index is -2.46. The maximum atomic E-state index is 12.5. The minimum Gasteiger partial charge on any atom is -0.466 e. The SMILES string of the molecule is C=C(C)C(=O)OC[Si](C)(C)C(CC)(CC)O[Si](C)(C)C(CC)(CC)C(CC)OC(=O)C(=C)C. The zero-order valence-corrected chi connectivity index (χ0v) is 25.3. The molecule has 33 heavy (non-hydrogen) atoms. The number of ether oxygens (including phenoxy) is 2. The van der Waals surface area contributed by atoms with Crippen molar-refractivity contribution in [2.75, 3.05) is 6.23 Å². The molecule has 0 saturated carbocycles. The van der Waals surface area contributed by atoms with Crippen LogP contribution >= 0.6 is 0 Å². The van der Waals surface area contributed by atoms with Crippen molar-refractivity contribution >= 4 is 28.3 Å². The summed E-state index contributed by atoms with van der Waals surface area (Å²) in [5, 5.41) is -0.606. The van der Waals surface area contributed by atoms with Crippen LogP contribution in [0.5, 0.6) is 0 Å². The van der Waals surface area contributed by atoms with Gasteiger partial charge in [-0.05, 0) is 59.0 Å². The van der Waals surface area contributed by atoms with Crippen molar-refractivity contribution in [2.45, 2.75) is 123 Å². The standard InChI is InChI=1S/C26H50O5Si2/c1-14-22(30-24(28)21(8)9)25(15-2,16-3)33(12,13)31-26(17-4,18-5)32(10,11)19-29-23(27)20(6)7/h22H,6,8,14-19H2,1-5,7,9-13H3. The van der Waals surface area contributed by atoms with Crippen molar-refractivity contribution in [3.8, 4) is 0 Å². The predicted molar refractivity (Wildman–Crippen MR) is 143 cm³/mol. The molecule has 192 valence electrons. The highest BCUT2D eigenvalue weighted by atomic mass is 28.4. The van der Waals surface area contributed by atoms with E-state index >= 15 is 0 Å². The molecule has 0 aromatic heterocycles. The van der Waals surface area contributed by atoms with Crippen LogP contribution in [0, 0.1) is 0 Å². The van der Waals surface area contributed by atoms with Crippen molar-refractivity contribution in [2.24, 2.45) is 0 Å². The van der Waals surface area contributed by atoms with Crippen LogP contribution in [-0.2, 0) is 23.5 Å². The topological polar surface area (TPSA) is 61.8 Å². The van der Waals surface area contributed by atoms with Gasteiger partial charge in [-0.3, -0.25) is 0 Å². The average molecular weight is 499 g/mol. The summed E-state index contributed by atoms with van der Waals surface area (Å²) in [5.41, 5.74) is 0.828. The van der Waals surface area contributed by atoms with Gasteiger partial charge in [-0.1, -0.05) is 60.9 Å². The Morgan fingerprint density at radius 1 is 0.818 bits per heavy atom. The van der Waals surface area contributed by atoms with Gasteiger partial charge in [0.05, 0.1) is 6.23 Å². The molecule has 0 fully saturated rings.